The van der Waals surface area contributed by atoms with Gasteiger partial charge in [0.15, 0.2) is 5.82 Å². The van der Waals surface area contributed by atoms with E-state index in [4.69, 9.17) is 11.6 Å². The molecule has 8 heteroatoms. The minimum absolute atomic E-state index is 0.135. The molecule has 2 aromatic carbocycles. The fourth-order valence-corrected chi connectivity index (χ4v) is 3.59. The van der Waals surface area contributed by atoms with Crippen LogP contribution >= 0.6 is 11.6 Å². The molecule has 0 spiro atoms. The summed E-state index contributed by atoms with van der Waals surface area (Å²) in [5.41, 5.74) is 0.979. The quantitative estimate of drug-likeness (QED) is 0.652. The summed E-state index contributed by atoms with van der Waals surface area (Å²) < 4.78 is 15.7. The van der Waals surface area contributed by atoms with E-state index in [1.807, 2.05) is 4.68 Å². The topological polar surface area (TPSA) is 63.1 Å². The maximum absolute atomic E-state index is 13.8. The molecular formula is C21H21ClFN5O. The van der Waals surface area contributed by atoms with Crippen molar-refractivity contribution in [1.82, 2.24) is 14.8 Å². The summed E-state index contributed by atoms with van der Waals surface area (Å²) in [5, 5.41) is 7.90. The smallest absolute Gasteiger partial charge is 0.307 e. The Kier molecular flexibility index (Phi) is 5.76. The third-order valence-electron chi connectivity index (χ3n) is 4.80. The van der Waals surface area contributed by atoms with Crippen LogP contribution in [0.1, 0.15) is 30.9 Å². The van der Waals surface area contributed by atoms with Crippen LogP contribution < -0.4 is 10.2 Å². The Morgan fingerprint density at radius 2 is 2.03 bits per heavy atom. The van der Waals surface area contributed by atoms with Gasteiger partial charge in [-0.2, -0.15) is 5.10 Å². The molecule has 0 radical (unpaired) electrons. The van der Waals surface area contributed by atoms with Gasteiger partial charge in [0, 0.05) is 29.4 Å². The fourth-order valence-electron chi connectivity index (χ4n) is 3.40. The van der Waals surface area contributed by atoms with E-state index in [-0.39, 0.29) is 6.54 Å². The zero-order chi connectivity index (χ0) is 20.2. The molecule has 0 saturated carbocycles. The number of carbonyl (C=O) groups is 1. The number of urea groups is 1. The fraction of sp³-hybridized carbons (Fsp3) is 0.286. The molecule has 6 nitrogen and oxygen atoms in total. The number of hydrogen-bond donors (Lipinski definition) is 1. The zero-order valence-electron chi connectivity index (χ0n) is 15.8. The molecule has 0 atom stereocenters. The maximum atomic E-state index is 13.8. The highest BCUT2D eigenvalue weighted by Crippen LogP contribution is 2.22. The van der Waals surface area contributed by atoms with Gasteiger partial charge in [-0.3, -0.25) is 4.90 Å². The minimum atomic E-state index is -0.420. The van der Waals surface area contributed by atoms with E-state index in [0.29, 0.717) is 22.2 Å². The summed E-state index contributed by atoms with van der Waals surface area (Å²) in [6.07, 6.45) is 4.19. The molecule has 0 bridgehead atoms. The van der Waals surface area contributed by atoms with E-state index in [1.165, 1.54) is 17.0 Å². The molecule has 1 N–H and O–H groups in total. The number of benzene rings is 2. The van der Waals surface area contributed by atoms with E-state index in [2.05, 4.69) is 15.4 Å². The summed E-state index contributed by atoms with van der Waals surface area (Å²) in [5.74, 6) is 1.05. The van der Waals surface area contributed by atoms with E-state index >= 15 is 0 Å². The number of nitrogens with one attached hydrogen (secondary N) is 1. The van der Waals surface area contributed by atoms with Gasteiger partial charge in [-0.05, 0) is 49.2 Å². The lowest BCUT2D eigenvalue weighted by Crippen LogP contribution is -2.35. The second-order valence-electron chi connectivity index (χ2n) is 6.98. The summed E-state index contributed by atoms with van der Waals surface area (Å²) in [7, 11) is 0. The molecule has 0 saturated heterocycles. The monoisotopic (exact) mass is 413 g/mol. The van der Waals surface area contributed by atoms with Gasteiger partial charge in [-0.15, -0.1) is 0 Å². The largest absolute Gasteiger partial charge is 0.326 e. The molecule has 29 heavy (non-hydrogen) atoms. The Balaban J connectivity index is 1.61. The first-order valence-corrected chi connectivity index (χ1v) is 9.98. The summed E-state index contributed by atoms with van der Waals surface area (Å²) >= 11 is 6.01. The number of aromatic nitrogens is 3. The highest BCUT2D eigenvalue weighted by Gasteiger charge is 2.21. The van der Waals surface area contributed by atoms with Crippen molar-refractivity contribution in [3.63, 3.8) is 0 Å². The zero-order valence-corrected chi connectivity index (χ0v) is 16.6. The molecule has 2 heterocycles. The average Bonchev–Trinajstić information content (AvgIpc) is 2.94. The molecule has 1 aliphatic rings. The van der Waals surface area contributed by atoms with Crippen LogP contribution in [0.3, 0.4) is 0 Å². The molecule has 2 amide bonds. The summed E-state index contributed by atoms with van der Waals surface area (Å²) in [4.78, 5) is 19.1. The molecule has 0 fully saturated rings. The van der Waals surface area contributed by atoms with Crippen molar-refractivity contribution >= 4 is 29.0 Å². The van der Waals surface area contributed by atoms with Gasteiger partial charge >= 0.3 is 6.03 Å². The van der Waals surface area contributed by atoms with Gasteiger partial charge < -0.3 is 5.32 Å². The first-order chi connectivity index (χ1) is 14.1. The first kappa shape index (κ1) is 19.4. The Labute approximate surface area is 173 Å². The predicted octanol–water partition coefficient (Wildman–Crippen LogP) is 5.04. The summed E-state index contributed by atoms with van der Waals surface area (Å²) in [6.45, 7) is 0.965. The number of anilines is 2. The second kappa shape index (κ2) is 8.61. The molecule has 0 aliphatic carbocycles. The SMILES string of the molecule is O=C(Nc1cccc(Cl)c1)N(Cc1nc2n(n1)CCCCC2)c1cccc(F)c1. The molecular weight excluding hydrogens is 393 g/mol. The lowest BCUT2D eigenvalue weighted by atomic mass is 10.2. The number of nitrogens with zero attached hydrogens (tertiary/aromatic N) is 4. The van der Waals surface area contributed by atoms with Crippen molar-refractivity contribution in [2.75, 3.05) is 10.2 Å². The van der Waals surface area contributed by atoms with Crippen LogP contribution in [0.15, 0.2) is 48.5 Å². The molecule has 1 aliphatic heterocycles. The number of aryl methyl sites for hydroxylation is 2. The second-order valence-corrected chi connectivity index (χ2v) is 7.42. The van der Waals surface area contributed by atoms with Crippen molar-refractivity contribution < 1.29 is 9.18 Å². The van der Waals surface area contributed by atoms with Gasteiger partial charge in [0.25, 0.3) is 0 Å². The maximum Gasteiger partial charge on any atom is 0.326 e. The number of rotatable bonds is 4. The number of hydrogen-bond acceptors (Lipinski definition) is 3. The van der Waals surface area contributed by atoms with E-state index in [0.717, 1.165) is 38.1 Å². The normalized spacial score (nSPS) is 13.4. The molecule has 3 aromatic rings. The third-order valence-corrected chi connectivity index (χ3v) is 5.04. The van der Waals surface area contributed by atoms with E-state index in [1.54, 1.807) is 36.4 Å². The van der Waals surface area contributed by atoms with Gasteiger partial charge in [0.1, 0.15) is 11.6 Å². The van der Waals surface area contributed by atoms with Crippen LogP contribution in [-0.4, -0.2) is 20.8 Å². The Morgan fingerprint density at radius 3 is 2.86 bits per heavy atom. The van der Waals surface area contributed by atoms with Crippen LogP contribution in [0, 0.1) is 5.82 Å². The molecule has 4 rings (SSSR count). The Morgan fingerprint density at radius 1 is 1.17 bits per heavy atom. The Hall–Kier alpha value is -2.93. The molecule has 0 unspecified atom stereocenters. The Bertz CT molecular complexity index is 998. The minimum Gasteiger partial charge on any atom is -0.307 e. The highest BCUT2D eigenvalue weighted by molar-refractivity contribution is 6.30. The van der Waals surface area contributed by atoms with Crippen molar-refractivity contribution in [1.29, 1.82) is 0 Å². The predicted molar refractivity (Wildman–Crippen MR) is 111 cm³/mol. The number of carbonyl (C=O) groups excluding carboxylic acids is 1. The van der Waals surface area contributed by atoms with Crippen molar-refractivity contribution in [2.24, 2.45) is 0 Å². The standard InChI is InChI=1S/C21H21ClFN5O/c22-15-6-4-8-17(12-15)24-21(29)27(18-9-5-7-16(23)13-18)14-19-25-20-10-2-1-3-11-28(20)26-19/h4-9,12-13H,1-3,10-11,14H2,(H,24,29). The van der Waals surface area contributed by atoms with Crippen LogP contribution in [0.2, 0.25) is 5.02 Å². The van der Waals surface area contributed by atoms with E-state index < -0.39 is 11.8 Å². The third kappa shape index (κ3) is 4.74. The van der Waals surface area contributed by atoms with Crippen LogP contribution in [0.25, 0.3) is 0 Å². The van der Waals surface area contributed by atoms with Crippen molar-refractivity contribution in [3.8, 4) is 0 Å². The van der Waals surface area contributed by atoms with E-state index in [9.17, 15) is 9.18 Å². The number of fused-ring (bicyclic) bond motifs is 1. The first-order valence-electron chi connectivity index (χ1n) is 9.61. The lowest BCUT2D eigenvalue weighted by molar-refractivity contribution is 0.256. The van der Waals surface area contributed by atoms with Crippen molar-refractivity contribution in [3.05, 3.63) is 71.0 Å². The lowest BCUT2D eigenvalue weighted by Gasteiger charge is -2.22. The molecule has 1 aromatic heterocycles. The van der Waals surface area contributed by atoms with Crippen LogP contribution in [0.5, 0.6) is 0 Å². The summed E-state index contributed by atoms with van der Waals surface area (Å²) in [6, 6.07) is 12.4. The number of amides is 2. The van der Waals surface area contributed by atoms with Gasteiger partial charge in [-0.1, -0.05) is 30.2 Å². The van der Waals surface area contributed by atoms with Crippen molar-refractivity contribution in [2.45, 2.75) is 38.8 Å². The average molecular weight is 414 g/mol. The van der Waals surface area contributed by atoms with Gasteiger partial charge in [0.05, 0.1) is 6.54 Å². The van der Waals surface area contributed by atoms with Crippen LogP contribution in [-0.2, 0) is 19.5 Å². The number of halogens is 2. The highest BCUT2D eigenvalue weighted by atomic mass is 35.5. The van der Waals surface area contributed by atoms with Gasteiger partial charge in [-0.25, -0.2) is 18.9 Å². The van der Waals surface area contributed by atoms with Crippen LogP contribution in [0.4, 0.5) is 20.6 Å². The molecule has 150 valence electrons. The van der Waals surface area contributed by atoms with Gasteiger partial charge in [0.2, 0.25) is 0 Å².